The minimum Gasteiger partial charge on any atom is -0.0913 e. The molecule has 0 saturated carbocycles. The van der Waals surface area contributed by atoms with Gasteiger partial charge in [0.05, 0.1) is 0 Å². The van der Waals surface area contributed by atoms with Gasteiger partial charge in [0.2, 0.25) is 0 Å². The van der Waals surface area contributed by atoms with Crippen molar-refractivity contribution >= 4 is 32.3 Å². The number of hydrogen-bond acceptors (Lipinski definition) is 0. The van der Waals surface area contributed by atoms with Crippen LogP contribution in [0.4, 0.5) is 0 Å². The average Bonchev–Trinajstić information content (AvgIpc) is 2.51. The van der Waals surface area contributed by atoms with E-state index < -0.39 is 4.33 Å². The maximum atomic E-state index is 6.45. The Hall–Kier alpha value is -0.633. The van der Waals surface area contributed by atoms with Crippen molar-refractivity contribution in [3.63, 3.8) is 0 Å². The third-order valence-corrected chi connectivity index (χ3v) is 5.49. The van der Waals surface area contributed by atoms with Crippen molar-refractivity contribution < 1.29 is 0 Å². The second kappa shape index (κ2) is 3.18. The molecule has 1 aliphatic carbocycles. The van der Waals surface area contributed by atoms with Crippen molar-refractivity contribution in [3.8, 4) is 11.1 Å². The highest BCUT2D eigenvalue weighted by Crippen LogP contribution is 2.52. The van der Waals surface area contributed by atoms with Gasteiger partial charge in [-0.2, -0.15) is 0 Å². The summed E-state index contributed by atoms with van der Waals surface area (Å²) in [5.41, 5.74) is 5.62. The molecule has 15 heavy (non-hydrogen) atoms. The Morgan fingerprint density at radius 2 is 1.67 bits per heavy atom. The fourth-order valence-corrected chi connectivity index (χ4v) is 4.25. The first-order valence-corrected chi connectivity index (χ1v) is 6.78. The predicted molar refractivity (Wildman–Crippen MR) is 67.1 cm³/mol. The molecule has 1 aromatic carbocycles. The van der Waals surface area contributed by atoms with Crippen LogP contribution in [0.5, 0.6) is 0 Å². The lowest BCUT2D eigenvalue weighted by Gasteiger charge is -2.15. The highest BCUT2D eigenvalue weighted by molar-refractivity contribution is 6.56. The molecule has 2 aromatic rings. The second-order valence-corrected chi connectivity index (χ2v) is 6.29. The summed E-state index contributed by atoms with van der Waals surface area (Å²) in [6.07, 6.45) is 0. The lowest BCUT2D eigenvalue weighted by Crippen LogP contribution is -2.09. The number of rotatable bonds is 0. The van der Waals surface area contributed by atoms with Crippen LogP contribution in [0.3, 0.4) is 0 Å². The number of fused-ring (bicyclic) bond motifs is 3. The molecule has 1 aromatic heterocycles. The van der Waals surface area contributed by atoms with Crippen molar-refractivity contribution in [1.82, 2.24) is 0 Å². The summed E-state index contributed by atoms with van der Waals surface area (Å²) in [4.78, 5) is 0. The number of hydrogen-bond donors (Lipinski definition) is 0. The van der Waals surface area contributed by atoms with Crippen LogP contribution in [0.1, 0.15) is 10.7 Å². The van der Waals surface area contributed by atoms with E-state index in [1.807, 2.05) is 18.2 Å². The largest absolute Gasteiger partial charge is 0.165 e. The van der Waals surface area contributed by atoms with E-state index >= 15 is 0 Å². The van der Waals surface area contributed by atoms with E-state index in [0.717, 1.165) is 5.56 Å². The van der Waals surface area contributed by atoms with Crippen LogP contribution in [0.15, 0.2) is 42.1 Å². The van der Waals surface area contributed by atoms with Gasteiger partial charge in [0, 0.05) is 9.12 Å². The molecule has 0 saturated heterocycles. The van der Waals surface area contributed by atoms with Crippen LogP contribution >= 0.6 is 23.2 Å². The van der Waals surface area contributed by atoms with Crippen molar-refractivity contribution in [1.29, 1.82) is 0 Å². The molecule has 0 aliphatic heterocycles. The van der Waals surface area contributed by atoms with E-state index in [1.54, 1.807) is 0 Å². The zero-order valence-corrected chi connectivity index (χ0v) is 10.5. The van der Waals surface area contributed by atoms with Crippen LogP contribution in [0.2, 0.25) is 0 Å². The summed E-state index contributed by atoms with van der Waals surface area (Å²) >= 11 is 12.9. The summed E-state index contributed by atoms with van der Waals surface area (Å²) in [6.45, 7) is 0. The van der Waals surface area contributed by atoms with Gasteiger partial charge in [0.1, 0.15) is 0 Å². The number of alkyl halides is 2. The van der Waals surface area contributed by atoms with Gasteiger partial charge in [0.25, 0.3) is 0 Å². The van der Waals surface area contributed by atoms with E-state index in [2.05, 4.69) is 23.9 Å². The minimum absolute atomic E-state index is 0.0803. The van der Waals surface area contributed by atoms with Crippen molar-refractivity contribution in [2.75, 3.05) is 0 Å². The van der Waals surface area contributed by atoms with Gasteiger partial charge in [-0.05, 0) is 21.9 Å². The van der Waals surface area contributed by atoms with E-state index in [9.17, 15) is 0 Å². The van der Waals surface area contributed by atoms with Crippen LogP contribution in [-0.2, 0) is 4.33 Å². The third kappa shape index (κ3) is 1.24. The molecule has 0 bridgehead atoms. The molecule has 0 amide bonds. The summed E-state index contributed by atoms with van der Waals surface area (Å²) in [5.74, 6) is 0. The molecule has 3 rings (SSSR count). The van der Waals surface area contributed by atoms with Gasteiger partial charge in [-0.15, -0.1) is 0 Å². The summed E-state index contributed by atoms with van der Waals surface area (Å²) in [7, 11) is 0.0803. The fourth-order valence-electron chi connectivity index (χ4n) is 2.13. The molecule has 1 heterocycles. The van der Waals surface area contributed by atoms with E-state index in [-0.39, 0.29) is 9.12 Å². The van der Waals surface area contributed by atoms with Crippen LogP contribution < -0.4 is 0 Å². The SMILES string of the molecule is ClC1(Cl)c2ccccc2-c2ccc[siH]c21. The fraction of sp³-hybridized carbons (Fsp3) is 0.0833. The van der Waals surface area contributed by atoms with E-state index in [0.29, 0.717) is 0 Å². The predicted octanol–water partition coefficient (Wildman–Crippen LogP) is 3.42. The second-order valence-electron chi connectivity index (χ2n) is 3.67. The maximum absolute atomic E-state index is 6.45. The van der Waals surface area contributed by atoms with Crippen molar-refractivity contribution in [3.05, 3.63) is 52.8 Å². The Bertz CT molecular complexity index is 487. The zero-order chi connectivity index (χ0) is 10.5. The van der Waals surface area contributed by atoms with Gasteiger partial charge >= 0.3 is 0 Å². The van der Waals surface area contributed by atoms with Gasteiger partial charge in [-0.3, -0.25) is 0 Å². The monoisotopic (exact) mass is 250 g/mol. The average molecular weight is 251 g/mol. The molecule has 74 valence electrons. The first-order valence-electron chi connectivity index (χ1n) is 4.78. The molecular formula is C12H8Cl2Si. The first kappa shape index (κ1) is 9.58. The summed E-state index contributed by atoms with van der Waals surface area (Å²) in [5, 5.41) is 1.19. The molecule has 1 aliphatic rings. The summed E-state index contributed by atoms with van der Waals surface area (Å²) in [6, 6.07) is 12.3. The van der Waals surface area contributed by atoms with Gasteiger partial charge < -0.3 is 0 Å². The maximum Gasteiger partial charge on any atom is 0.165 e. The highest BCUT2D eigenvalue weighted by atomic mass is 35.5. The van der Waals surface area contributed by atoms with Crippen LogP contribution in [0, 0.1) is 0 Å². The van der Waals surface area contributed by atoms with E-state index in [4.69, 9.17) is 23.2 Å². The molecule has 0 atom stereocenters. The topological polar surface area (TPSA) is 0 Å². The normalized spacial score (nSPS) is 15.9. The molecule has 0 nitrogen and oxygen atoms in total. The standard InChI is InChI=1S/C12H8Cl2Si/c13-12(14)10-6-2-1-4-8(10)9-5-3-7-15-11(9)12/h1-7,15H. The first-order chi connectivity index (χ1) is 7.21. The molecule has 3 heteroatoms. The lowest BCUT2D eigenvalue weighted by atomic mass is 10.1. The lowest BCUT2D eigenvalue weighted by molar-refractivity contribution is 1.12. The molecular weight excluding hydrogens is 243 g/mol. The minimum atomic E-state index is -0.803. The summed E-state index contributed by atoms with van der Waals surface area (Å²) < 4.78 is -0.803. The zero-order valence-electron chi connectivity index (χ0n) is 7.87. The van der Waals surface area contributed by atoms with Crippen molar-refractivity contribution in [2.24, 2.45) is 0 Å². The van der Waals surface area contributed by atoms with Gasteiger partial charge in [-0.1, -0.05) is 65.3 Å². The third-order valence-electron chi connectivity index (χ3n) is 2.82. The van der Waals surface area contributed by atoms with Gasteiger partial charge in [0.15, 0.2) is 4.33 Å². The number of halogens is 2. The molecule has 0 radical (unpaired) electrons. The Morgan fingerprint density at radius 3 is 2.53 bits per heavy atom. The Morgan fingerprint density at radius 1 is 0.933 bits per heavy atom. The molecule has 0 fully saturated rings. The molecule has 0 spiro atoms. The van der Waals surface area contributed by atoms with Crippen molar-refractivity contribution in [2.45, 2.75) is 4.33 Å². The number of benzene rings is 1. The van der Waals surface area contributed by atoms with Crippen LogP contribution in [0.25, 0.3) is 11.1 Å². The smallest absolute Gasteiger partial charge is 0.0913 e. The highest BCUT2D eigenvalue weighted by Gasteiger charge is 2.39. The Kier molecular flexibility index (Phi) is 2.03. The molecule has 0 N–H and O–H groups in total. The van der Waals surface area contributed by atoms with Gasteiger partial charge in [-0.25, -0.2) is 0 Å². The Balaban J connectivity index is 2.42. The molecule has 0 unspecified atom stereocenters. The Labute approximate surface area is 101 Å². The van der Waals surface area contributed by atoms with Crippen LogP contribution in [-0.4, -0.2) is 9.12 Å². The van der Waals surface area contributed by atoms with E-state index in [1.165, 1.54) is 16.3 Å². The quantitative estimate of drug-likeness (QED) is 0.497.